The van der Waals surface area contributed by atoms with Crippen LogP contribution in [0.1, 0.15) is 5.69 Å². The van der Waals surface area contributed by atoms with Crippen molar-refractivity contribution >= 4 is 22.6 Å². The van der Waals surface area contributed by atoms with Crippen molar-refractivity contribution in [2.45, 2.75) is 0 Å². The van der Waals surface area contributed by atoms with Gasteiger partial charge in [0.1, 0.15) is 12.6 Å². The molecular formula is C12H10N4O2. The number of hydrogen-bond acceptors (Lipinski definition) is 6. The Labute approximate surface area is 103 Å². The average molecular weight is 242 g/mol. The third-order valence-corrected chi connectivity index (χ3v) is 2.41. The molecule has 0 saturated heterocycles. The molecule has 0 unspecified atom stereocenters. The predicted molar refractivity (Wildman–Crippen MR) is 64.8 cm³/mol. The molecule has 6 heteroatoms. The highest BCUT2D eigenvalue weighted by molar-refractivity contribution is 5.93. The second-order valence-electron chi connectivity index (χ2n) is 3.48. The number of rotatable bonds is 3. The molecule has 0 amide bonds. The summed E-state index contributed by atoms with van der Waals surface area (Å²) in [5, 5.41) is 20.3. The maximum Gasteiger partial charge on any atom is 0.325 e. The summed E-state index contributed by atoms with van der Waals surface area (Å²) in [6, 6.07) is 9.19. The van der Waals surface area contributed by atoms with Crippen molar-refractivity contribution in [3.8, 4) is 6.07 Å². The molecule has 0 bridgehead atoms. The number of nitrogens with zero attached hydrogens (tertiary/aromatic N) is 3. The highest BCUT2D eigenvalue weighted by atomic mass is 16.5. The van der Waals surface area contributed by atoms with Crippen molar-refractivity contribution in [1.29, 1.82) is 5.26 Å². The van der Waals surface area contributed by atoms with E-state index in [1.807, 2.05) is 24.3 Å². The quantitative estimate of drug-likeness (QED) is 0.810. The summed E-state index contributed by atoms with van der Waals surface area (Å²) < 4.78 is 4.54. The van der Waals surface area contributed by atoms with Crippen molar-refractivity contribution < 1.29 is 9.53 Å². The predicted octanol–water partition coefficient (Wildman–Crippen LogP) is 1.09. The number of carbonyl (C=O) groups is 1. The lowest BCUT2D eigenvalue weighted by molar-refractivity contribution is -0.138. The van der Waals surface area contributed by atoms with E-state index >= 15 is 0 Å². The molecule has 1 heterocycles. The number of esters is 1. The minimum atomic E-state index is -0.417. The molecule has 2 rings (SSSR count). The van der Waals surface area contributed by atoms with Gasteiger partial charge in [0.2, 0.25) is 0 Å². The van der Waals surface area contributed by atoms with Crippen LogP contribution in [0, 0.1) is 11.3 Å². The lowest BCUT2D eigenvalue weighted by Gasteiger charge is -2.08. The molecule has 1 aromatic heterocycles. The number of aromatic nitrogens is 2. The molecule has 1 aromatic carbocycles. The van der Waals surface area contributed by atoms with E-state index in [0.29, 0.717) is 11.2 Å². The fourth-order valence-corrected chi connectivity index (χ4v) is 1.54. The number of hydrogen-bond donors (Lipinski definition) is 1. The van der Waals surface area contributed by atoms with Gasteiger partial charge in [-0.05, 0) is 6.07 Å². The maximum atomic E-state index is 11.1. The van der Waals surface area contributed by atoms with E-state index in [0.717, 1.165) is 5.39 Å². The summed E-state index contributed by atoms with van der Waals surface area (Å²) in [4.78, 5) is 11.1. The molecule has 0 fully saturated rings. The van der Waals surface area contributed by atoms with Crippen molar-refractivity contribution in [2.75, 3.05) is 19.0 Å². The molecular weight excluding hydrogens is 232 g/mol. The van der Waals surface area contributed by atoms with Crippen LogP contribution in [0.3, 0.4) is 0 Å². The summed E-state index contributed by atoms with van der Waals surface area (Å²) in [5.41, 5.74) is 1.30. The van der Waals surface area contributed by atoms with Gasteiger partial charge < -0.3 is 10.1 Å². The van der Waals surface area contributed by atoms with Gasteiger partial charge in [0.25, 0.3) is 0 Å². The Hall–Kier alpha value is -2.68. The van der Waals surface area contributed by atoms with E-state index < -0.39 is 5.97 Å². The van der Waals surface area contributed by atoms with Crippen LogP contribution in [0.25, 0.3) is 10.9 Å². The minimum Gasteiger partial charge on any atom is -0.468 e. The Bertz CT molecular complexity index is 634. The molecule has 0 atom stereocenters. The average Bonchev–Trinajstić information content (AvgIpc) is 2.44. The number of nitriles is 1. The van der Waals surface area contributed by atoms with Crippen molar-refractivity contribution in [1.82, 2.24) is 10.2 Å². The molecule has 0 aliphatic heterocycles. The third-order valence-electron chi connectivity index (χ3n) is 2.41. The van der Waals surface area contributed by atoms with E-state index in [9.17, 15) is 4.79 Å². The van der Waals surface area contributed by atoms with Crippen LogP contribution in [0.15, 0.2) is 24.3 Å². The van der Waals surface area contributed by atoms with Gasteiger partial charge in [0, 0.05) is 5.39 Å². The first-order valence-corrected chi connectivity index (χ1v) is 5.22. The Morgan fingerprint density at radius 2 is 2.22 bits per heavy atom. The Morgan fingerprint density at radius 1 is 1.44 bits per heavy atom. The summed E-state index contributed by atoms with van der Waals surface area (Å²) in [7, 11) is 1.30. The molecule has 6 nitrogen and oxygen atoms in total. The Kier molecular flexibility index (Phi) is 3.34. The van der Waals surface area contributed by atoms with Crippen LogP contribution >= 0.6 is 0 Å². The van der Waals surface area contributed by atoms with Crippen LogP contribution in [0.5, 0.6) is 0 Å². The van der Waals surface area contributed by atoms with Gasteiger partial charge in [-0.1, -0.05) is 18.2 Å². The standard InChI is InChI=1S/C12H10N4O2/c1-18-11(17)7-14-12-8-4-2-3-5-9(8)15-16-10(12)6-13/h2-5H,7H2,1H3,(H,14,15). The molecule has 1 N–H and O–H groups in total. The van der Waals surface area contributed by atoms with E-state index in [1.54, 1.807) is 6.07 Å². The number of benzene rings is 1. The van der Waals surface area contributed by atoms with Gasteiger partial charge in [-0.25, -0.2) is 0 Å². The molecule has 0 aliphatic rings. The summed E-state index contributed by atoms with van der Waals surface area (Å²) >= 11 is 0. The van der Waals surface area contributed by atoms with Crippen LogP contribution in [0.2, 0.25) is 0 Å². The van der Waals surface area contributed by atoms with Crippen LogP contribution in [-0.2, 0) is 9.53 Å². The zero-order chi connectivity index (χ0) is 13.0. The number of methoxy groups -OCH3 is 1. The zero-order valence-corrected chi connectivity index (χ0v) is 9.67. The summed E-state index contributed by atoms with van der Waals surface area (Å²) in [5.74, 6) is -0.417. The lowest BCUT2D eigenvalue weighted by Crippen LogP contribution is -2.16. The first kappa shape index (κ1) is 11.8. The van der Waals surface area contributed by atoms with Crippen molar-refractivity contribution in [2.24, 2.45) is 0 Å². The molecule has 0 spiro atoms. The number of fused-ring (bicyclic) bond motifs is 1. The molecule has 0 aliphatic carbocycles. The first-order valence-electron chi connectivity index (χ1n) is 5.22. The lowest BCUT2D eigenvalue weighted by atomic mass is 10.1. The molecule has 0 radical (unpaired) electrons. The van der Waals surface area contributed by atoms with Crippen LogP contribution in [0.4, 0.5) is 5.69 Å². The molecule has 2 aromatic rings. The number of anilines is 1. The maximum absolute atomic E-state index is 11.1. The van der Waals surface area contributed by atoms with Crippen LogP contribution < -0.4 is 5.32 Å². The Morgan fingerprint density at radius 3 is 2.94 bits per heavy atom. The topological polar surface area (TPSA) is 87.9 Å². The van der Waals surface area contributed by atoms with Crippen LogP contribution in [-0.4, -0.2) is 29.8 Å². The smallest absolute Gasteiger partial charge is 0.325 e. The monoisotopic (exact) mass is 242 g/mol. The van der Waals surface area contributed by atoms with Crippen molar-refractivity contribution in [3.63, 3.8) is 0 Å². The molecule has 18 heavy (non-hydrogen) atoms. The highest BCUT2D eigenvalue weighted by Crippen LogP contribution is 2.23. The van der Waals surface area contributed by atoms with E-state index in [2.05, 4.69) is 20.3 Å². The second-order valence-corrected chi connectivity index (χ2v) is 3.48. The largest absolute Gasteiger partial charge is 0.468 e. The molecule has 0 saturated carbocycles. The second kappa shape index (κ2) is 5.10. The van der Waals surface area contributed by atoms with E-state index in [1.165, 1.54) is 7.11 Å². The fourth-order valence-electron chi connectivity index (χ4n) is 1.54. The SMILES string of the molecule is COC(=O)CNc1c(C#N)nnc2ccccc12. The molecule has 90 valence electrons. The minimum absolute atomic E-state index is 0.0269. The summed E-state index contributed by atoms with van der Waals surface area (Å²) in [6.45, 7) is -0.0269. The first-order chi connectivity index (χ1) is 8.76. The number of carbonyl (C=O) groups excluding carboxylic acids is 1. The normalized spacial score (nSPS) is 9.78. The fraction of sp³-hybridized carbons (Fsp3) is 0.167. The zero-order valence-electron chi connectivity index (χ0n) is 9.67. The van der Waals surface area contributed by atoms with Gasteiger partial charge in [0.15, 0.2) is 5.69 Å². The Balaban J connectivity index is 2.45. The number of nitrogens with one attached hydrogen (secondary N) is 1. The van der Waals surface area contributed by atoms with Crippen molar-refractivity contribution in [3.05, 3.63) is 30.0 Å². The number of ether oxygens (including phenoxy) is 1. The van der Waals surface area contributed by atoms with E-state index in [-0.39, 0.29) is 12.2 Å². The van der Waals surface area contributed by atoms with Gasteiger partial charge in [0.05, 0.1) is 18.3 Å². The van der Waals surface area contributed by atoms with Gasteiger partial charge >= 0.3 is 5.97 Å². The van der Waals surface area contributed by atoms with Gasteiger partial charge in [-0.15, -0.1) is 10.2 Å². The van der Waals surface area contributed by atoms with E-state index in [4.69, 9.17) is 5.26 Å². The summed E-state index contributed by atoms with van der Waals surface area (Å²) in [6.07, 6.45) is 0. The van der Waals surface area contributed by atoms with Gasteiger partial charge in [-0.3, -0.25) is 4.79 Å². The highest BCUT2D eigenvalue weighted by Gasteiger charge is 2.11. The third kappa shape index (κ3) is 2.20. The van der Waals surface area contributed by atoms with Gasteiger partial charge in [-0.2, -0.15) is 5.26 Å².